The molecule has 0 radical (unpaired) electrons. The molecule has 36 heavy (non-hydrogen) atoms. The van der Waals surface area contributed by atoms with Crippen LogP contribution in [0.15, 0.2) is 49.2 Å². The molecule has 0 saturated carbocycles. The highest BCUT2D eigenvalue weighted by Crippen LogP contribution is 2.32. The SMILES string of the molecule is Cn1cc(-c2cc(-c3ccc(N4CCN(C(=O)CNC(=O)O)CC4)nc3)c3c(C#N)cnn3c2)cn1. The first-order valence-electron chi connectivity index (χ1n) is 11.3. The maximum Gasteiger partial charge on any atom is 0.405 e. The van der Waals surface area contributed by atoms with Crippen LogP contribution in [0.4, 0.5) is 10.6 Å². The Morgan fingerprint density at radius 1 is 1.06 bits per heavy atom. The monoisotopic (exact) mass is 485 g/mol. The molecule has 5 heterocycles. The van der Waals surface area contributed by atoms with Gasteiger partial charge in [0.2, 0.25) is 5.91 Å². The molecule has 1 saturated heterocycles. The van der Waals surface area contributed by atoms with Crippen LogP contribution in [-0.4, -0.2) is 79.1 Å². The molecule has 0 spiro atoms. The van der Waals surface area contributed by atoms with Gasteiger partial charge in [0.05, 0.1) is 23.5 Å². The summed E-state index contributed by atoms with van der Waals surface area (Å²) < 4.78 is 3.44. The van der Waals surface area contributed by atoms with Crippen molar-refractivity contribution < 1.29 is 14.7 Å². The van der Waals surface area contributed by atoms with Gasteiger partial charge in [-0.05, 0) is 18.2 Å². The molecule has 12 nitrogen and oxygen atoms in total. The number of nitrogens with one attached hydrogen (secondary N) is 1. The summed E-state index contributed by atoms with van der Waals surface area (Å²) >= 11 is 0. The summed E-state index contributed by atoms with van der Waals surface area (Å²) in [6.07, 6.45) is 7.70. The summed E-state index contributed by atoms with van der Waals surface area (Å²) in [7, 11) is 1.86. The first-order valence-corrected chi connectivity index (χ1v) is 11.3. The molecule has 0 bridgehead atoms. The quantitative estimate of drug-likeness (QED) is 0.434. The van der Waals surface area contributed by atoms with E-state index in [0.29, 0.717) is 37.3 Å². The fourth-order valence-corrected chi connectivity index (χ4v) is 4.33. The smallest absolute Gasteiger partial charge is 0.405 e. The number of hydrogen-bond donors (Lipinski definition) is 2. The summed E-state index contributed by atoms with van der Waals surface area (Å²) in [5, 5.41) is 29.0. The third-order valence-electron chi connectivity index (χ3n) is 6.18. The molecule has 1 aliphatic rings. The van der Waals surface area contributed by atoms with Gasteiger partial charge in [-0.2, -0.15) is 15.5 Å². The molecule has 5 rings (SSSR count). The van der Waals surface area contributed by atoms with Crippen LogP contribution < -0.4 is 10.2 Å². The third-order valence-corrected chi connectivity index (χ3v) is 6.18. The molecular formula is C24H23N9O3. The van der Waals surface area contributed by atoms with Gasteiger partial charge in [-0.25, -0.2) is 14.3 Å². The lowest BCUT2D eigenvalue weighted by Crippen LogP contribution is -2.51. The van der Waals surface area contributed by atoms with Crippen LogP contribution in [0, 0.1) is 11.3 Å². The Balaban J connectivity index is 1.38. The number of hydrogen-bond acceptors (Lipinski definition) is 7. The molecule has 0 atom stereocenters. The van der Waals surface area contributed by atoms with Crippen molar-refractivity contribution in [2.75, 3.05) is 37.6 Å². The number of carbonyl (C=O) groups is 2. The van der Waals surface area contributed by atoms with E-state index in [0.717, 1.165) is 28.1 Å². The van der Waals surface area contributed by atoms with Gasteiger partial charge in [0.25, 0.3) is 0 Å². The number of piperazine rings is 1. The van der Waals surface area contributed by atoms with Crippen LogP contribution in [0.1, 0.15) is 5.56 Å². The Morgan fingerprint density at radius 3 is 2.50 bits per heavy atom. The average molecular weight is 486 g/mol. The highest BCUT2D eigenvalue weighted by Gasteiger charge is 2.22. The number of carboxylic acid groups (broad SMARTS) is 1. The van der Waals surface area contributed by atoms with Crippen molar-refractivity contribution in [3.63, 3.8) is 0 Å². The summed E-state index contributed by atoms with van der Waals surface area (Å²) in [4.78, 5) is 31.2. The highest BCUT2D eigenvalue weighted by atomic mass is 16.4. The van der Waals surface area contributed by atoms with E-state index in [4.69, 9.17) is 5.11 Å². The van der Waals surface area contributed by atoms with Crippen LogP contribution in [-0.2, 0) is 11.8 Å². The first-order chi connectivity index (χ1) is 17.4. The number of anilines is 1. The van der Waals surface area contributed by atoms with Crippen LogP contribution in [0.25, 0.3) is 27.8 Å². The van der Waals surface area contributed by atoms with E-state index in [-0.39, 0.29) is 12.5 Å². The second-order valence-corrected chi connectivity index (χ2v) is 8.44. The highest BCUT2D eigenvalue weighted by molar-refractivity contribution is 5.87. The Kier molecular flexibility index (Phi) is 5.95. The van der Waals surface area contributed by atoms with Gasteiger partial charge >= 0.3 is 6.09 Å². The standard InChI is InChI=1S/C24H23N9O3/c1-30-14-19(12-28-30)17-8-20(23-18(9-25)11-29-33(23)15-17)16-2-3-21(26-10-16)31-4-6-32(7-5-31)22(34)13-27-24(35)36/h2-3,8,10-12,14-15,27H,4-7,13H2,1H3,(H,35,36). The zero-order valence-electron chi connectivity index (χ0n) is 19.5. The van der Waals surface area contributed by atoms with Gasteiger partial charge in [0.1, 0.15) is 18.4 Å². The molecule has 12 heteroatoms. The van der Waals surface area contributed by atoms with E-state index in [9.17, 15) is 14.9 Å². The van der Waals surface area contributed by atoms with Crippen molar-refractivity contribution in [3.8, 4) is 28.3 Å². The molecule has 2 amide bonds. The van der Waals surface area contributed by atoms with Crippen LogP contribution in [0.5, 0.6) is 0 Å². The van der Waals surface area contributed by atoms with Gasteiger partial charge in [-0.1, -0.05) is 0 Å². The number of fused-ring (bicyclic) bond motifs is 1. The molecule has 182 valence electrons. The van der Waals surface area contributed by atoms with Crippen molar-refractivity contribution in [3.05, 3.63) is 54.7 Å². The molecule has 1 aliphatic heterocycles. The van der Waals surface area contributed by atoms with E-state index in [2.05, 4.69) is 31.5 Å². The zero-order chi connectivity index (χ0) is 25.2. The van der Waals surface area contributed by atoms with Gasteiger partial charge in [-0.15, -0.1) is 0 Å². The summed E-state index contributed by atoms with van der Waals surface area (Å²) in [6.45, 7) is 1.92. The number of rotatable bonds is 5. The number of aryl methyl sites for hydroxylation is 1. The van der Waals surface area contributed by atoms with Gasteiger partial charge in [0.15, 0.2) is 0 Å². The molecule has 4 aromatic heterocycles. The van der Waals surface area contributed by atoms with E-state index < -0.39 is 6.09 Å². The minimum absolute atomic E-state index is 0.228. The summed E-state index contributed by atoms with van der Waals surface area (Å²) in [5.41, 5.74) is 4.73. The Morgan fingerprint density at radius 2 is 1.86 bits per heavy atom. The molecule has 4 aromatic rings. The summed E-state index contributed by atoms with van der Waals surface area (Å²) in [5.74, 6) is 0.537. The third kappa shape index (κ3) is 4.41. The van der Waals surface area contributed by atoms with E-state index in [1.54, 1.807) is 32.7 Å². The zero-order valence-corrected chi connectivity index (χ0v) is 19.5. The lowest BCUT2D eigenvalue weighted by Gasteiger charge is -2.35. The van der Waals surface area contributed by atoms with Crippen molar-refractivity contribution in [1.82, 2.24) is 34.6 Å². The van der Waals surface area contributed by atoms with Crippen molar-refractivity contribution in [1.29, 1.82) is 5.26 Å². The lowest BCUT2D eigenvalue weighted by molar-refractivity contribution is -0.130. The van der Waals surface area contributed by atoms with E-state index in [1.807, 2.05) is 37.6 Å². The molecular weight excluding hydrogens is 462 g/mol. The topological polar surface area (TPSA) is 145 Å². The largest absolute Gasteiger partial charge is 0.465 e. The van der Waals surface area contributed by atoms with Gasteiger partial charge < -0.3 is 20.2 Å². The van der Waals surface area contributed by atoms with Crippen molar-refractivity contribution in [2.45, 2.75) is 0 Å². The molecule has 1 fully saturated rings. The Bertz CT molecular complexity index is 1480. The molecule has 2 N–H and O–H groups in total. The number of nitrogens with zero attached hydrogens (tertiary/aromatic N) is 8. The van der Waals surface area contributed by atoms with Crippen molar-refractivity contribution >= 4 is 23.3 Å². The number of nitriles is 1. The Hall–Kier alpha value is -4.92. The fourth-order valence-electron chi connectivity index (χ4n) is 4.33. The van der Waals surface area contributed by atoms with Crippen molar-refractivity contribution in [2.24, 2.45) is 7.05 Å². The summed E-state index contributed by atoms with van der Waals surface area (Å²) in [6, 6.07) is 8.12. The second-order valence-electron chi connectivity index (χ2n) is 8.44. The Labute approximate surface area is 206 Å². The van der Waals surface area contributed by atoms with Gasteiger partial charge in [-0.3, -0.25) is 9.48 Å². The minimum atomic E-state index is -1.22. The first kappa shape index (κ1) is 22.9. The van der Waals surface area contributed by atoms with E-state index in [1.165, 1.54) is 0 Å². The minimum Gasteiger partial charge on any atom is -0.465 e. The fraction of sp³-hybridized carbons (Fsp3) is 0.250. The molecule has 0 aromatic carbocycles. The molecule has 0 unspecified atom stereocenters. The normalized spacial score (nSPS) is 13.6. The van der Waals surface area contributed by atoms with E-state index >= 15 is 0 Å². The van der Waals surface area contributed by atoms with Crippen LogP contribution in [0.2, 0.25) is 0 Å². The van der Waals surface area contributed by atoms with Crippen LogP contribution >= 0.6 is 0 Å². The maximum absolute atomic E-state index is 12.1. The molecule has 0 aliphatic carbocycles. The number of carbonyl (C=O) groups excluding carboxylic acids is 1. The predicted octanol–water partition coefficient (Wildman–Crippen LogP) is 1.58. The number of amides is 2. The second kappa shape index (κ2) is 9.38. The average Bonchev–Trinajstić information content (AvgIpc) is 3.53. The van der Waals surface area contributed by atoms with Gasteiger partial charge in [0, 0.05) is 74.1 Å². The van der Waals surface area contributed by atoms with Crippen LogP contribution in [0.3, 0.4) is 0 Å². The maximum atomic E-state index is 12.1. The predicted molar refractivity (Wildman–Crippen MR) is 130 cm³/mol. The number of aromatic nitrogens is 5. The lowest BCUT2D eigenvalue weighted by atomic mass is 10.0. The number of pyridine rings is 2.